The van der Waals surface area contributed by atoms with Gasteiger partial charge in [0.2, 0.25) is 5.91 Å². The third-order valence-corrected chi connectivity index (χ3v) is 4.94. The minimum Gasteiger partial charge on any atom is -0.508 e. The number of nitrogens with one attached hydrogen (secondary N) is 1. The second-order valence-corrected chi connectivity index (χ2v) is 6.93. The molecule has 1 aliphatic heterocycles. The Bertz CT molecular complexity index is 753. The molecule has 4 heteroatoms. The number of aromatic hydroxyl groups is 1. The molecule has 0 saturated carbocycles. The van der Waals surface area contributed by atoms with E-state index < -0.39 is 5.41 Å². The summed E-state index contributed by atoms with van der Waals surface area (Å²) in [7, 11) is 4.06. The van der Waals surface area contributed by atoms with Crippen molar-refractivity contribution in [2.24, 2.45) is 0 Å². The summed E-state index contributed by atoms with van der Waals surface area (Å²) in [6, 6.07) is 13.6. The van der Waals surface area contributed by atoms with Crippen molar-refractivity contribution in [1.29, 1.82) is 0 Å². The van der Waals surface area contributed by atoms with Gasteiger partial charge in [-0.1, -0.05) is 12.1 Å². The fourth-order valence-electron chi connectivity index (χ4n) is 3.34. The molecule has 0 aromatic heterocycles. The van der Waals surface area contributed by atoms with Gasteiger partial charge in [-0.05, 0) is 67.6 Å². The molecule has 0 aliphatic carbocycles. The lowest BCUT2D eigenvalue weighted by Crippen LogP contribution is -2.31. The van der Waals surface area contributed by atoms with E-state index >= 15 is 0 Å². The van der Waals surface area contributed by atoms with Crippen LogP contribution in [0.2, 0.25) is 0 Å². The van der Waals surface area contributed by atoms with Gasteiger partial charge in [0, 0.05) is 25.5 Å². The normalized spacial score (nSPS) is 19.0. The average molecular weight is 324 g/mol. The summed E-state index contributed by atoms with van der Waals surface area (Å²) in [6.45, 7) is 1.96. The van der Waals surface area contributed by atoms with Crippen molar-refractivity contribution in [3.05, 3.63) is 53.6 Å². The van der Waals surface area contributed by atoms with Gasteiger partial charge in [-0.3, -0.25) is 4.79 Å². The number of rotatable bonds is 5. The monoisotopic (exact) mass is 324 g/mol. The molecular formula is C20H24N2O2. The molecule has 0 fully saturated rings. The number of carbonyl (C=O) groups is 1. The standard InChI is InChI=1S/C20H24N2O2/c1-20(17-13-16(23)10-11-18(17)21-19(20)24)12-4-5-14-6-8-15(9-7-14)22(2)3/h6-11,13,23H,4-5,12H2,1-3H3,(H,21,24). The highest BCUT2D eigenvalue weighted by Gasteiger charge is 2.42. The maximum Gasteiger partial charge on any atom is 0.234 e. The summed E-state index contributed by atoms with van der Waals surface area (Å²) in [6.07, 6.45) is 2.61. The van der Waals surface area contributed by atoms with Gasteiger partial charge in [-0.15, -0.1) is 0 Å². The SMILES string of the molecule is CN(C)c1ccc(CCCC2(C)C(=O)Nc3ccc(O)cc32)cc1. The summed E-state index contributed by atoms with van der Waals surface area (Å²) in [5.74, 6) is 0.224. The van der Waals surface area contributed by atoms with Gasteiger partial charge in [0.25, 0.3) is 0 Å². The van der Waals surface area contributed by atoms with Gasteiger partial charge in [-0.2, -0.15) is 0 Å². The van der Waals surface area contributed by atoms with Crippen LogP contribution in [0.15, 0.2) is 42.5 Å². The van der Waals surface area contributed by atoms with Crippen molar-refractivity contribution in [2.75, 3.05) is 24.3 Å². The van der Waals surface area contributed by atoms with Gasteiger partial charge in [0.1, 0.15) is 5.75 Å². The average Bonchev–Trinajstić information content (AvgIpc) is 2.79. The van der Waals surface area contributed by atoms with E-state index in [0.717, 1.165) is 30.5 Å². The number of aryl methyl sites for hydroxylation is 1. The highest BCUT2D eigenvalue weighted by molar-refractivity contribution is 6.06. The Morgan fingerprint density at radius 2 is 1.83 bits per heavy atom. The van der Waals surface area contributed by atoms with Crippen molar-refractivity contribution in [2.45, 2.75) is 31.6 Å². The van der Waals surface area contributed by atoms with Crippen molar-refractivity contribution in [3.8, 4) is 5.75 Å². The van der Waals surface area contributed by atoms with Gasteiger partial charge >= 0.3 is 0 Å². The number of phenols is 1. The molecule has 0 saturated heterocycles. The number of fused-ring (bicyclic) bond motifs is 1. The second-order valence-electron chi connectivity index (χ2n) is 6.93. The van der Waals surface area contributed by atoms with E-state index in [1.54, 1.807) is 18.2 Å². The summed E-state index contributed by atoms with van der Waals surface area (Å²) >= 11 is 0. The number of anilines is 2. The van der Waals surface area contributed by atoms with E-state index in [2.05, 4.69) is 34.5 Å². The van der Waals surface area contributed by atoms with Crippen LogP contribution in [0.4, 0.5) is 11.4 Å². The molecule has 0 radical (unpaired) electrons. The van der Waals surface area contributed by atoms with Gasteiger partial charge in [-0.25, -0.2) is 0 Å². The molecule has 0 bridgehead atoms. The van der Waals surface area contributed by atoms with Crippen LogP contribution < -0.4 is 10.2 Å². The Hall–Kier alpha value is -2.49. The predicted octanol–water partition coefficient (Wildman–Crippen LogP) is 3.69. The molecule has 2 aromatic carbocycles. The van der Waals surface area contributed by atoms with Crippen molar-refractivity contribution in [1.82, 2.24) is 0 Å². The Morgan fingerprint density at radius 1 is 1.12 bits per heavy atom. The summed E-state index contributed by atoms with van der Waals surface area (Å²) in [4.78, 5) is 14.5. The predicted molar refractivity (Wildman–Crippen MR) is 97.8 cm³/mol. The second kappa shape index (κ2) is 6.19. The number of nitrogens with zero attached hydrogens (tertiary/aromatic N) is 1. The summed E-state index contributed by atoms with van der Waals surface area (Å²) < 4.78 is 0. The zero-order chi connectivity index (χ0) is 17.3. The Labute approximate surface area is 143 Å². The van der Waals surface area contributed by atoms with Gasteiger partial charge in [0.15, 0.2) is 0 Å². The number of carbonyl (C=O) groups excluding carboxylic acids is 1. The van der Waals surface area contributed by atoms with E-state index in [-0.39, 0.29) is 11.7 Å². The topological polar surface area (TPSA) is 52.6 Å². The first-order valence-corrected chi connectivity index (χ1v) is 8.31. The lowest BCUT2D eigenvalue weighted by atomic mass is 9.79. The van der Waals surface area contributed by atoms with Crippen molar-refractivity contribution in [3.63, 3.8) is 0 Å². The molecule has 1 atom stereocenters. The fraction of sp³-hybridized carbons (Fsp3) is 0.350. The number of hydrogen-bond acceptors (Lipinski definition) is 3. The number of benzene rings is 2. The molecule has 0 spiro atoms. The van der Waals surface area contributed by atoms with Gasteiger partial charge < -0.3 is 15.3 Å². The van der Waals surface area contributed by atoms with E-state index in [1.807, 2.05) is 21.0 Å². The first-order chi connectivity index (χ1) is 11.4. The quantitative estimate of drug-likeness (QED) is 0.825. The largest absolute Gasteiger partial charge is 0.508 e. The van der Waals surface area contributed by atoms with Crippen molar-refractivity contribution >= 4 is 17.3 Å². The first-order valence-electron chi connectivity index (χ1n) is 8.31. The third kappa shape index (κ3) is 2.96. The Kier molecular flexibility index (Phi) is 4.22. The van der Waals surface area contributed by atoms with Crippen LogP contribution in [0.1, 0.15) is 30.9 Å². The van der Waals surface area contributed by atoms with Crippen LogP contribution in [0.25, 0.3) is 0 Å². The van der Waals surface area contributed by atoms with Crippen LogP contribution in [-0.2, 0) is 16.6 Å². The third-order valence-electron chi connectivity index (χ3n) is 4.94. The maximum atomic E-state index is 12.4. The lowest BCUT2D eigenvalue weighted by Gasteiger charge is -2.22. The van der Waals surface area contributed by atoms with Crippen LogP contribution in [0.3, 0.4) is 0 Å². The van der Waals surface area contributed by atoms with Crippen molar-refractivity contribution < 1.29 is 9.90 Å². The molecular weight excluding hydrogens is 300 g/mol. The van der Waals surface area contributed by atoms with Crippen LogP contribution in [0.5, 0.6) is 5.75 Å². The zero-order valence-corrected chi connectivity index (χ0v) is 14.5. The Morgan fingerprint density at radius 3 is 2.50 bits per heavy atom. The highest BCUT2D eigenvalue weighted by Crippen LogP contribution is 2.42. The molecule has 4 nitrogen and oxygen atoms in total. The summed E-state index contributed by atoms with van der Waals surface area (Å²) in [5.41, 5.74) is 3.60. The number of phenolic OH excluding ortho intramolecular Hbond substituents is 1. The molecule has 126 valence electrons. The van der Waals surface area contributed by atoms with E-state index in [1.165, 1.54) is 11.3 Å². The van der Waals surface area contributed by atoms with Crippen LogP contribution in [0, 0.1) is 0 Å². The number of amides is 1. The minimum absolute atomic E-state index is 0.0195. The smallest absolute Gasteiger partial charge is 0.234 e. The lowest BCUT2D eigenvalue weighted by molar-refractivity contribution is -0.120. The minimum atomic E-state index is -0.572. The highest BCUT2D eigenvalue weighted by atomic mass is 16.3. The summed E-state index contributed by atoms with van der Waals surface area (Å²) in [5, 5.41) is 12.7. The van der Waals surface area contributed by atoms with Crippen LogP contribution >= 0.6 is 0 Å². The van der Waals surface area contributed by atoms with E-state index in [0.29, 0.717) is 0 Å². The van der Waals surface area contributed by atoms with Gasteiger partial charge in [0.05, 0.1) is 5.41 Å². The molecule has 24 heavy (non-hydrogen) atoms. The molecule has 3 rings (SSSR count). The molecule has 1 aliphatic rings. The number of hydrogen-bond donors (Lipinski definition) is 2. The Balaban J connectivity index is 1.68. The van der Waals surface area contributed by atoms with E-state index in [9.17, 15) is 9.90 Å². The van der Waals surface area contributed by atoms with E-state index in [4.69, 9.17) is 0 Å². The molecule has 2 aromatic rings. The zero-order valence-electron chi connectivity index (χ0n) is 14.5. The fourth-order valence-corrected chi connectivity index (χ4v) is 3.34. The first kappa shape index (κ1) is 16.4. The van der Waals surface area contributed by atoms with Crippen LogP contribution in [-0.4, -0.2) is 25.1 Å². The molecule has 1 heterocycles. The maximum absolute atomic E-state index is 12.4. The molecule has 1 unspecified atom stereocenters. The molecule has 2 N–H and O–H groups in total. The molecule has 1 amide bonds.